The van der Waals surface area contributed by atoms with Gasteiger partial charge in [-0.25, -0.2) is 26.9 Å². The highest BCUT2D eigenvalue weighted by molar-refractivity contribution is 6.58. The highest BCUT2D eigenvalue weighted by Crippen LogP contribution is 2.66. The summed E-state index contributed by atoms with van der Waals surface area (Å²) in [4.78, 5) is 53.3. The number of aromatic hydroxyl groups is 1. The number of halogens is 7. The van der Waals surface area contributed by atoms with Crippen LogP contribution in [0.5, 0.6) is 5.75 Å². The summed E-state index contributed by atoms with van der Waals surface area (Å²) in [5.41, 5.74) is 0.377. The molecule has 4 aliphatic rings. The molecule has 2 aliphatic heterocycles. The van der Waals surface area contributed by atoms with Crippen molar-refractivity contribution in [1.82, 2.24) is 0 Å². The van der Waals surface area contributed by atoms with Crippen molar-refractivity contribution in [2.24, 2.45) is 17.8 Å². The van der Waals surface area contributed by atoms with Crippen molar-refractivity contribution < 1.29 is 46.2 Å². The molecule has 2 aliphatic carbocycles. The molecule has 288 valence electrons. The summed E-state index contributed by atoms with van der Waals surface area (Å²) < 4.78 is 74.2. The van der Waals surface area contributed by atoms with Crippen LogP contribution in [0, 0.1) is 46.8 Å². The lowest BCUT2D eigenvalue weighted by molar-refractivity contribution is -0.125. The molecule has 6 atom stereocenters. The van der Waals surface area contributed by atoms with E-state index in [0.29, 0.717) is 16.6 Å². The molecule has 3 fully saturated rings. The van der Waals surface area contributed by atoms with Crippen LogP contribution >= 0.6 is 23.2 Å². The van der Waals surface area contributed by atoms with Gasteiger partial charge in [-0.05, 0) is 72.2 Å². The van der Waals surface area contributed by atoms with Gasteiger partial charge in [0.2, 0.25) is 17.6 Å². The number of imide groups is 2. The number of benzene rings is 5. The van der Waals surface area contributed by atoms with Crippen LogP contribution in [0.25, 0.3) is 10.8 Å². The van der Waals surface area contributed by atoms with E-state index in [1.807, 2.05) is 30.3 Å². The Morgan fingerprint density at radius 2 is 1.25 bits per heavy atom. The standard InChI is InChI=1S/C42H26Cl2F5N3O5/c43-41-18-27-25(14-15-26-29(27)38(55)51(37(26)54)21-12-10-20(11-13-21)50-19-6-2-1-3-7-19)30(24-16-17-28(53)23-9-5-4-8-22(23)24)42(41,44)40(57)52(39(41)56)36-34(48)32(46)31(45)33(47)35(36)49/h1-14,16-17,26-27,29-30,50,53H,15,18H2. The van der Waals surface area contributed by atoms with Gasteiger partial charge in [0.15, 0.2) is 33.0 Å². The molecule has 9 rings (SSSR count). The summed E-state index contributed by atoms with van der Waals surface area (Å²) in [6.45, 7) is 0. The van der Waals surface area contributed by atoms with E-state index in [2.05, 4.69) is 5.32 Å². The Morgan fingerprint density at radius 3 is 1.91 bits per heavy atom. The summed E-state index contributed by atoms with van der Waals surface area (Å²) in [7, 11) is 0. The highest BCUT2D eigenvalue weighted by Gasteiger charge is 2.77. The van der Waals surface area contributed by atoms with Gasteiger partial charge in [-0.15, -0.1) is 23.2 Å². The number of fused-ring (bicyclic) bond motifs is 5. The van der Waals surface area contributed by atoms with Crippen molar-refractivity contribution in [2.45, 2.75) is 28.5 Å². The molecule has 1 saturated carbocycles. The topological polar surface area (TPSA) is 107 Å². The van der Waals surface area contributed by atoms with Gasteiger partial charge >= 0.3 is 0 Å². The fourth-order valence-electron chi connectivity index (χ4n) is 9.11. The molecule has 0 spiro atoms. The van der Waals surface area contributed by atoms with E-state index < -0.39 is 98.2 Å². The molecule has 2 saturated heterocycles. The first-order chi connectivity index (χ1) is 27.2. The number of allylic oxidation sites excluding steroid dienone is 2. The van der Waals surface area contributed by atoms with E-state index in [-0.39, 0.29) is 33.7 Å². The van der Waals surface area contributed by atoms with Gasteiger partial charge in [-0.2, -0.15) is 0 Å². The summed E-state index contributed by atoms with van der Waals surface area (Å²) in [6, 6.07) is 25.0. The SMILES string of the molecule is O=C1C2CC=C3C(CC4(Cl)C(=O)N(c5c(F)c(F)c(F)c(F)c5F)C(=O)C4(Cl)C3c3ccc(O)c4ccccc34)C2C(=O)N1c1ccc(Nc2ccccc2)cc1. The first-order valence-electron chi connectivity index (χ1n) is 17.7. The lowest BCUT2D eigenvalue weighted by atomic mass is 9.56. The third-order valence-electron chi connectivity index (χ3n) is 11.7. The monoisotopic (exact) mass is 817 g/mol. The average Bonchev–Trinajstić information content (AvgIpc) is 3.55. The molecule has 0 radical (unpaired) electrons. The zero-order chi connectivity index (χ0) is 40.3. The minimum absolute atomic E-state index is 0.0243. The van der Waals surface area contributed by atoms with Gasteiger partial charge in [-0.1, -0.05) is 60.2 Å². The van der Waals surface area contributed by atoms with Gasteiger partial charge < -0.3 is 10.4 Å². The fourth-order valence-corrected chi connectivity index (χ4v) is 10.0. The maximum atomic E-state index is 15.4. The maximum absolute atomic E-state index is 15.4. The Balaban J connectivity index is 1.19. The van der Waals surface area contributed by atoms with Crippen molar-refractivity contribution in [1.29, 1.82) is 0 Å². The third kappa shape index (κ3) is 4.97. The van der Waals surface area contributed by atoms with E-state index in [4.69, 9.17) is 23.2 Å². The zero-order valence-electron chi connectivity index (χ0n) is 29.1. The highest BCUT2D eigenvalue weighted by atomic mass is 35.5. The predicted molar refractivity (Wildman–Crippen MR) is 201 cm³/mol. The van der Waals surface area contributed by atoms with Crippen LogP contribution in [-0.2, 0) is 19.2 Å². The number of hydrogen-bond acceptors (Lipinski definition) is 6. The molecule has 5 aromatic rings. The second-order valence-corrected chi connectivity index (χ2v) is 15.7. The minimum atomic E-state index is -2.70. The average molecular weight is 819 g/mol. The van der Waals surface area contributed by atoms with E-state index in [9.17, 15) is 37.5 Å². The van der Waals surface area contributed by atoms with E-state index >= 15 is 8.78 Å². The Labute approximate surface area is 330 Å². The zero-order valence-corrected chi connectivity index (χ0v) is 30.6. The number of hydrogen-bond donors (Lipinski definition) is 2. The van der Waals surface area contributed by atoms with Crippen LogP contribution in [-0.4, -0.2) is 38.5 Å². The van der Waals surface area contributed by atoms with Gasteiger partial charge in [0.1, 0.15) is 11.4 Å². The first kappa shape index (κ1) is 36.8. The number of phenols is 1. The Hall–Kier alpha value is -5.79. The van der Waals surface area contributed by atoms with E-state index in [1.165, 1.54) is 12.1 Å². The molecule has 0 bridgehead atoms. The summed E-state index contributed by atoms with van der Waals surface area (Å²) >= 11 is 14.6. The molecule has 15 heteroatoms. The van der Waals surface area contributed by atoms with E-state index in [0.717, 1.165) is 10.6 Å². The predicted octanol–water partition coefficient (Wildman–Crippen LogP) is 8.75. The Morgan fingerprint density at radius 1 is 0.649 bits per heavy atom. The van der Waals surface area contributed by atoms with Crippen molar-refractivity contribution in [2.75, 3.05) is 15.1 Å². The Bertz CT molecular complexity index is 2620. The van der Waals surface area contributed by atoms with Crippen LogP contribution in [0.3, 0.4) is 0 Å². The molecular formula is C42H26Cl2F5N3O5. The number of nitrogens with zero attached hydrogens (tertiary/aromatic N) is 2. The number of phenolic OH excluding ortho intramolecular Hbond substituents is 1. The molecule has 57 heavy (non-hydrogen) atoms. The van der Waals surface area contributed by atoms with Gasteiger partial charge in [-0.3, -0.25) is 24.1 Å². The van der Waals surface area contributed by atoms with Crippen LogP contribution < -0.4 is 15.1 Å². The molecule has 6 unspecified atom stereocenters. The maximum Gasteiger partial charge on any atom is 0.258 e. The molecule has 2 heterocycles. The molecule has 8 nitrogen and oxygen atoms in total. The van der Waals surface area contributed by atoms with Gasteiger partial charge in [0.25, 0.3) is 11.8 Å². The Kier molecular flexibility index (Phi) is 8.31. The van der Waals surface area contributed by atoms with Gasteiger partial charge in [0, 0.05) is 22.7 Å². The van der Waals surface area contributed by atoms with Crippen LogP contribution in [0.4, 0.5) is 44.7 Å². The van der Waals surface area contributed by atoms with Crippen molar-refractivity contribution in [3.8, 4) is 5.75 Å². The van der Waals surface area contributed by atoms with Crippen LogP contribution in [0.15, 0.2) is 103 Å². The number of alkyl halides is 2. The van der Waals surface area contributed by atoms with Gasteiger partial charge in [0.05, 0.1) is 17.5 Å². The summed E-state index contributed by atoms with van der Waals surface area (Å²) in [6.07, 6.45) is 0.962. The minimum Gasteiger partial charge on any atom is -0.507 e. The largest absolute Gasteiger partial charge is 0.507 e. The third-order valence-corrected chi connectivity index (χ3v) is 13.1. The number of anilines is 4. The molecular weight excluding hydrogens is 792 g/mol. The second kappa shape index (κ2) is 12.9. The number of amides is 4. The molecule has 5 aromatic carbocycles. The lowest BCUT2D eigenvalue weighted by Crippen LogP contribution is -2.60. The number of carbonyl (C=O) groups is 4. The number of para-hydroxylation sites is 1. The van der Waals surface area contributed by atoms with Crippen LogP contribution in [0.1, 0.15) is 24.3 Å². The van der Waals surface area contributed by atoms with E-state index in [1.54, 1.807) is 54.6 Å². The number of carbonyl (C=O) groups excluding carboxylic acids is 4. The fraction of sp³-hybridized carbons (Fsp3) is 0.190. The summed E-state index contributed by atoms with van der Waals surface area (Å²) in [5, 5.41) is 14.6. The molecule has 4 amide bonds. The second-order valence-electron chi connectivity index (χ2n) is 14.5. The van der Waals surface area contributed by atoms with Crippen molar-refractivity contribution >= 4 is 80.4 Å². The normalized spacial score (nSPS) is 26.8. The summed E-state index contributed by atoms with van der Waals surface area (Å²) in [5.74, 6) is -21.5. The van der Waals surface area contributed by atoms with Crippen molar-refractivity contribution in [3.63, 3.8) is 0 Å². The van der Waals surface area contributed by atoms with Crippen molar-refractivity contribution in [3.05, 3.63) is 137 Å². The smallest absolute Gasteiger partial charge is 0.258 e. The van der Waals surface area contributed by atoms with Crippen LogP contribution in [0.2, 0.25) is 0 Å². The lowest BCUT2D eigenvalue weighted by Gasteiger charge is -2.51. The molecule has 2 N–H and O–H groups in total. The molecule has 0 aromatic heterocycles. The first-order valence-corrected chi connectivity index (χ1v) is 18.4. The number of rotatable bonds is 5. The quantitative estimate of drug-likeness (QED) is 0.0459. The number of nitrogens with one attached hydrogen (secondary N) is 1.